The van der Waals surface area contributed by atoms with Crippen LogP contribution in [0.2, 0.25) is 0 Å². The summed E-state index contributed by atoms with van der Waals surface area (Å²) < 4.78 is 7.63. The van der Waals surface area contributed by atoms with E-state index in [4.69, 9.17) is 10.5 Å². The molecule has 0 aliphatic rings. The summed E-state index contributed by atoms with van der Waals surface area (Å²) in [6, 6.07) is 9.64. The van der Waals surface area contributed by atoms with Crippen LogP contribution >= 0.6 is 31.9 Å². The quantitative estimate of drug-likeness (QED) is 0.892. The van der Waals surface area contributed by atoms with Crippen molar-refractivity contribution in [3.05, 3.63) is 56.7 Å². The van der Waals surface area contributed by atoms with Crippen molar-refractivity contribution in [3.8, 4) is 5.75 Å². The third kappa shape index (κ3) is 3.54. The molecule has 0 bridgehead atoms. The van der Waals surface area contributed by atoms with E-state index in [0.29, 0.717) is 13.2 Å². The van der Waals surface area contributed by atoms with Gasteiger partial charge in [-0.15, -0.1) is 0 Å². The van der Waals surface area contributed by atoms with Crippen molar-refractivity contribution >= 4 is 31.9 Å². The molecule has 0 saturated carbocycles. The van der Waals surface area contributed by atoms with Crippen LogP contribution in [0.1, 0.15) is 11.3 Å². The lowest BCUT2D eigenvalue weighted by molar-refractivity contribution is 0.301. The smallest absolute Gasteiger partial charge is 0.130 e. The van der Waals surface area contributed by atoms with Crippen molar-refractivity contribution in [1.29, 1.82) is 0 Å². The minimum Gasteiger partial charge on any atom is -0.487 e. The van der Waals surface area contributed by atoms with Gasteiger partial charge in [0.05, 0.1) is 5.69 Å². The van der Waals surface area contributed by atoms with Crippen molar-refractivity contribution < 1.29 is 4.74 Å². The Kier molecular flexibility index (Phi) is 4.74. The van der Waals surface area contributed by atoms with Crippen LogP contribution < -0.4 is 10.5 Å². The van der Waals surface area contributed by atoms with E-state index in [9.17, 15) is 0 Å². The number of pyridine rings is 1. The zero-order valence-electron chi connectivity index (χ0n) is 9.57. The Morgan fingerprint density at radius 2 is 2.00 bits per heavy atom. The van der Waals surface area contributed by atoms with Gasteiger partial charge in [-0.3, -0.25) is 4.98 Å². The van der Waals surface area contributed by atoms with Crippen LogP contribution in [0, 0.1) is 0 Å². The number of aromatic nitrogens is 1. The first kappa shape index (κ1) is 13.5. The maximum atomic E-state index is 5.68. The number of hydrogen-bond acceptors (Lipinski definition) is 3. The third-order valence-electron chi connectivity index (χ3n) is 2.41. The molecule has 0 spiro atoms. The van der Waals surface area contributed by atoms with Gasteiger partial charge in [-0.25, -0.2) is 0 Å². The van der Waals surface area contributed by atoms with Crippen LogP contribution in [0.4, 0.5) is 0 Å². The number of nitrogens with two attached hydrogens (primary N) is 1. The molecule has 0 amide bonds. The lowest BCUT2D eigenvalue weighted by atomic mass is 10.2. The van der Waals surface area contributed by atoms with Gasteiger partial charge in [-0.05, 0) is 51.8 Å². The zero-order valence-corrected chi connectivity index (χ0v) is 12.7. The van der Waals surface area contributed by atoms with E-state index < -0.39 is 0 Å². The van der Waals surface area contributed by atoms with Gasteiger partial charge in [0.25, 0.3) is 0 Å². The molecule has 5 heteroatoms. The molecule has 0 aliphatic carbocycles. The van der Waals surface area contributed by atoms with E-state index in [1.54, 1.807) is 6.20 Å². The number of halogens is 2. The lowest BCUT2D eigenvalue weighted by Crippen LogP contribution is -2.01. The molecule has 94 valence electrons. The maximum absolute atomic E-state index is 5.68. The molecule has 1 heterocycles. The van der Waals surface area contributed by atoms with E-state index in [2.05, 4.69) is 36.8 Å². The molecule has 1 aromatic carbocycles. The highest BCUT2D eigenvalue weighted by Gasteiger charge is 2.02. The van der Waals surface area contributed by atoms with E-state index in [-0.39, 0.29) is 0 Å². The SMILES string of the molecule is NCc1cc(OCc2ccc(Br)cn2)ccc1Br. The first-order chi connectivity index (χ1) is 8.69. The second-order valence-electron chi connectivity index (χ2n) is 3.71. The summed E-state index contributed by atoms with van der Waals surface area (Å²) in [5, 5.41) is 0. The number of nitrogens with zero attached hydrogens (tertiary/aromatic N) is 1. The molecule has 0 fully saturated rings. The first-order valence-electron chi connectivity index (χ1n) is 5.41. The van der Waals surface area contributed by atoms with Gasteiger partial charge in [0.15, 0.2) is 0 Å². The Balaban J connectivity index is 2.04. The zero-order chi connectivity index (χ0) is 13.0. The van der Waals surface area contributed by atoms with Gasteiger partial charge in [0.2, 0.25) is 0 Å². The van der Waals surface area contributed by atoms with Crippen LogP contribution in [0.3, 0.4) is 0 Å². The third-order valence-corrected chi connectivity index (χ3v) is 3.66. The minimum absolute atomic E-state index is 0.443. The molecule has 0 unspecified atom stereocenters. The van der Waals surface area contributed by atoms with Gasteiger partial charge in [-0.2, -0.15) is 0 Å². The topological polar surface area (TPSA) is 48.1 Å². The lowest BCUT2D eigenvalue weighted by Gasteiger charge is -2.08. The molecule has 0 aliphatic heterocycles. The first-order valence-corrected chi connectivity index (χ1v) is 6.99. The van der Waals surface area contributed by atoms with E-state index in [0.717, 1.165) is 26.0 Å². The fraction of sp³-hybridized carbons (Fsp3) is 0.154. The van der Waals surface area contributed by atoms with E-state index in [1.165, 1.54) is 0 Å². The molecule has 3 nitrogen and oxygen atoms in total. The molecule has 0 radical (unpaired) electrons. The second kappa shape index (κ2) is 6.31. The monoisotopic (exact) mass is 370 g/mol. The number of ether oxygens (including phenoxy) is 1. The molecule has 0 saturated heterocycles. The van der Waals surface area contributed by atoms with Gasteiger partial charge in [-0.1, -0.05) is 15.9 Å². The van der Waals surface area contributed by atoms with Crippen LogP contribution in [0.15, 0.2) is 45.5 Å². The molecule has 2 rings (SSSR count). The average Bonchev–Trinajstić information content (AvgIpc) is 2.39. The van der Waals surface area contributed by atoms with Crippen LogP contribution in [0.5, 0.6) is 5.75 Å². The van der Waals surface area contributed by atoms with Gasteiger partial charge in [0, 0.05) is 21.7 Å². The van der Waals surface area contributed by atoms with Crippen molar-refractivity contribution in [3.63, 3.8) is 0 Å². The summed E-state index contributed by atoms with van der Waals surface area (Å²) in [7, 11) is 0. The van der Waals surface area contributed by atoms with Gasteiger partial charge < -0.3 is 10.5 Å². The summed E-state index contributed by atoms with van der Waals surface area (Å²) >= 11 is 6.79. The summed E-state index contributed by atoms with van der Waals surface area (Å²) in [5.41, 5.74) is 7.55. The molecular weight excluding hydrogens is 360 g/mol. The predicted molar refractivity (Wildman–Crippen MR) is 78.3 cm³/mol. The Hall–Kier alpha value is -0.910. The van der Waals surface area contributed by atoms with Crippen molar-refractivity contribution in [2.24, 2.45) is 5.73 Å². The van der Waals surface area contributed by atoms with Crippen molar-refractivity contribution in [2.45, 2.75) is 13.2 Å². The maximum Gasteiger partial charge on any atom is 0.130 e. The Morgan fingerprint density at radius 1 is 1.17 bits per heavy atom. The fourth-order valence-electron chi connectivity index (χ4n) is 1.45. The molecule has 2 aromatic rings. The van der Waals surface area contributed by atoms with E-state index >= 15 is 0 Å². The van der Waals surface area contributed by atoms with Gasteiger partial charge >= 0.3 is 0 Å². The largest absolute Gasteiger partial charge is 0.487 e. The normalized spacial score (nSPS) is 10.4. The number of rotatable bonds is 4. The fourth-order valence-corrected chi connectivity index (χ4v) is 2.09. The summed E-state index contributed by atoms with van der Waals surface area (Å²) in [6.45, 7) is 0.924. The highest BCUT2D eigenvalue weighted by molar-refractivity contribution is 9.10. The summed E-state index contributed by atoms with van der Waals surface area (Å²) in [5.74, 6) is 0.795. The van der Waals surface area contributed by atoms with Crippen molar-refractivity contribution in [2.75, 3.05) is 0 Å². The highest BCUT2D eigenvalue weighted by Crippen LogP contribution is 2.22. The molecule has 18 heavy (non-hydrogen) atoms. The predicted octanol–water partition coefficient (Wildman–Crippen LogP) is 3.64. The summed E-state index contributed by atoms with van der Waals surface area (Å²) in [4.78, 5) is 4.25. The Morgan fingerprint density at radius 3 is 2.67 bits per heavy atom. The minimum atomic E-state index is 0.443. The van der Waals surface area contributed by atoms with Gasteiger partial charge in [0.1, 0.15) is 12.4 Å². The second-order valence-corrected chi connectivity index (χ2v) is 5.48. The Labute approximate surface area is 123 Å². The van der Waals surface area contributed by atoms with E-state index in [1.807, 2.05) is 30.3 Å². The van der Waals surface area contributed by atoms with Crippen LogP contribution in [-0.4, -0.2) is 4.98 Å². The Bertz CT molecular complexity index is 529. The van der Waals surface area contributed by atoms with Crippen molar-refractivity contribution in [1.82, 2.24) is 4.98 Å². The number of hydrogen-bond donors (Lipinski definition) is 1. The average molecular weight is 372 g/mol. The molecule has 0 atom stereocenters. The standard InChI is InChI=1S/C13H12Br2N2O/c14-10-1-2-11(17-7-10)8-18-12-3-4-13(15)9(5-12)6-16/h1-5,7H,6,8,16H2. The highest BCUT2D eigenvalue weighted by atomic mass is 79.9. The van der Waals surface area contributed by atoms with Crippen LogP contribution in [0.25, 0.3) is 0 Å². The van der Waals surface area contributed by atoms with Crippen LogP contribution in [-0.2, 0) is 13.2 Å². The molecule has 1 aromatic heterocycles. The molecule has 2 N–H and O–H groups in total. The molecular formula is C13H12Br2N2O. The summed E-state index contributed by atoms with van der Waals surface area (Å²) in [6.07, 6.45) is 1.76. The number of benzene rings is 1.